The van der Waals surface area contributed by atoms with Crippen molar-refractivity contribution in [2.45, 2.75) is 26.8 Å². The van der Waals surface area contributed by atoms with E-state index in [4.69, 9.17) is 5.73 Å². The monoisotopic (exact) mass is 291 g/mol. The Balaban J connectivity index is 2.25. The fourth-order valence-corrected chi connectivity index (χ4v) is 3.25. The number of non-ortho nitro benzene ring substituents is 1. The summed E-state index contributed by atoms with van der Waals surface area (Å²) < 4.78 is 0. The third-order valence-electron chi connectivity index (χ3n) is 3.08. The molecule has 0 radical (unpaired) electrons. The summed E-state index contributed by atoms with van der Waals surface area (Å²) in [5.74, 6) is 0. The lowest BCUT2D eigenvalue weighted by atomic mass is 10.1. The molecule has 3 N–H and O–H groups in total. The van der Waals surface area contributed by atoms with Crippen molar-refractivity contribution in [1.82, 2.24) is 0 Å². The van der Waals surface area contributed by atoms with Gasteiger partial charge in [-0.05, 0) is 38.5 Å². The van der Waals surface area contributed by atoms with Gasteiger partial charge in [-0.2, -0.15) is 0 Å². The number of aryl methyl sites for hydroxylation is 2. The predicted molar refractivity (Wildman–Crippen MR) is 83.3 cm³/mol. The van der Waals surface area contributed by atoms with E-state index in [1.165, 1.54) is 27.5 Å². The number of nitro groups is 1. The van der Waals surface area contributed by atoms with Gasteiger partial charge in [-0.3, -0.25) is 10.1 Å². The smallest absolute Gasteiger partial charge is 0.273 e. The maximum atomic E-state index is 10.8. The van der Waals surface area contributed by atoms with Crippen molar-refractivity contribution in [3.05, 3.63) is 49.7 Å². The first-order valence-electron chi connectivity index (χ1n) is 6.25. The quantitative estimate of drug-likeness (QED) is 0.506. The molecular formula is C14H17N3O2S. The molecule has 6 heteroatoms. The maximum Gasteiger partial charge on any atom is 0.273 e. The summed E-state index contributed by atoms with van der Waals surface area (Å²) in [6.45, 7) is 6.18. The Morgan fingerprint density at radius 2 is 2.00 bits per heavy atom. The second-order valence-corrected chi connectivity index (χ2v) is 6.27. The van der Waals surface area contributed by atoms with Gasteiger partial charge in [-0.25, -0.2) is 0 Å². The number of nitrogens with one attached hydrogen (secondary N) is 1. The zero-order valence-electron chi connectivity index (χ0n) is 11.6. The van der Waals surface area contributed by atoms with Gasteiger partial charge in [0, 0.05) is 39.3 Å². The molecule has 20 heavy (non-hydrogen) atoms. The molecule has 0 aliphatic heterocycles. The zero-order valence-corrected chi connectivity index (χ0v) is 12.5. The first-order chi connectivity index (χ1) is 9.36. The SMILES string of the molecule is Cc1cc(C(C)Nc2cc(N)cc([N+](=O)[O-])c2)c(C)s1. The average Bonchev–Trinajstić information content (AvgIpc) is 2.67. The van der Waals surface area contributed by atoms with Gasteiger partial charge in [0.2, 0.25) is 0 Å². The van der Waals surface area contributed by atoms with Gasteiger partial charge in [0.05, 0.1) is 4.92 Å². The lowest BCUT2D eigenvalue weighted by molar-refractivity contribution is -0.384. The Hall–Kier alpha value is -2.08. The van der Waals surface area contributed by atoms with Gasteiger partial charge < -0.3 is 11.1 Å². The Kier molecular flexibility index (Phi) is 3.94. The Morgan fingerprint density at radius 1 is 1.30 bits per heavy atom. The van der Waals surface area contributed by atoms with Crippen molar-refractivity contribution >= 4 is 28.4 Å². The van der Waals surface area contributed by atoms with E-state index in [0.717, 1.165) is 0 Å². The fraction of sp³-hybridized carbons (Fsp3) is 0.286. The van der Waals surface area contributed by atoms with Gasteiger partial charge in [0.1, 0.15) is 0 Å². The van der Waals surface area contributed by atoms with Crippen molar-refractivity contribution < 1.29 is 4.92 Å². The van der Waals surface area contributed by atoms with E-state index in [1.807, 2.05) is 6.92 Å². The summed E-state index contributed by atoms with van der Waals surface area (Å²) in [4.78, 5) is 12.9. The van der Waals surface area contributed by atoms with Crippen molar-refractivity contribution in [3.63, 3.8) is 0 Å². The van der Waals surface area contributed by atoms with Crippen LogP contribution in [0.5, 0.6) is 0 Å². The van der Waals surface area contributed by atoms with Gasteiger partial charge in [-0.15, -0.1) is 11.3 Å². The van der Waals surface area contributed by atoms with E-state index in [1.54, 1.807) is 17.4 Å². The van der Waals surface area contributed by atoms with Gasteiger partial charge in [0.25, 0.3) is 5.69 Å². The largest absolute Gasteiger partial charge is 0.398 e. The standard InChI is InChI=1S/C14H17N3O2S/c1-8-4-14(10(3)20-8)9(2)16-12-5-11(15)6-13(7-12)17(18)19/h4-7,9,16H,15H2,1-3H3. The summed E-state index contributed by atoms with van der Waals surface area (Å²) in [6.07, 6.45) is 0. The van der Waals surface area contributed by atoms with E-state index in [0.29, 0.717) is 11.4 Å². The number of hydrogen-bond acceptors (Lipinski definition) is 5. The molecule has 0 bridgehead atoms. The Morgan fingerprint density at radius 3 is 2.55 bits per heavy atom. The first-order valence-corrected chi connectivity index (χ1v) is 7.07. The molecule has 1 atom stereocenters. The molecular weight excluding hydrogens is 274 g/mol. The van der Waals surface area contributed by atoms with E-state index in [2.05, 4.69) is 25.2 Å². The lowest BCUT2D eigenvalue weighted by Gasteiger charge is -2.15. The Bertz CT molecular complexity index is 652. The predicted octanol–water partition coefficient (Wildman–Crippen LogP) is 4.03. The number of nitro benzene ring substituents is 1. The normalized spacial score (nSPS) is 12.2. The molecule has 0 spiro atoms. The zero-order chi connectivity index (χ0) is 14.9. The van der Waals surface area contributed by atoms with Crippen LogP contribution in [0.2, 0.25) is 0 Å². The molecule has 0 aliphatic carbocycles. The van der Waals surface area contributed by atoms with Crippen LogP contribution in [0.1, 0.15) is 28.3 Å². The van der Waals surface area contributed by atoms with E-state index in [9.17, 15) is 10.1 Å². The van der Waals surface area contributed by atoms with Crippen molar-refractivity contribution in [1.29, 1.82) is 0 Å². The molecule has 0 saturated carbocycles. The van der Waals surface area contributed by atoms with Crippen LogP contribution in [0, 0.1) is 24.0 Å². The third-order valence-corrected chi connectivity index (χ3v) is 4.06. The summed E-state index contributed by atoms with van der Waals surface area (Å²) in [5, 5.41) is 14.1. The topological polar surface area (TPSA) is 81.2 Å². The number of anilines is 2. The van der Waals surface area contributed by atoms with Crippen molar-refractivity contribution in [3.8, 4) is 0 Å². The molecule has 106 valence electrons. The minimum atomic E-state index is -0.438. The van der Waals surface area contributed by atoms with Crippen molar-refractivity contribution in [2.24, 2.45) is 0 Å². The summed E-state index contributed by atoms with van der Waals surface area (Å²) >= 11 is 1.75. The van der Waals surface area contributed by atoms with Crippen molar-refractivity contribution in [2.75, 3.05) is 11.1 Å². The first kappa shape index (κ1) is 14.3. The highest BCUT2D eigenvalue weighted by Gasteiger charge is 2.14. The number of nitrogens with zero attached hydrogens (tertiary/aromatic N) is 1. The maximum absolute atomic E-state index is 10.8. The van der Waals surface area contributed by atoms with Gasteiger partial charge in [0.15, 0.2) is 0 Å². The van der Waals surface area contributed by atoms with Crippen LogP contribution in [-0.2, 0) is 0 Å². The number of rotatable bonds is 4. The average molecular weight is 291 g/mol. The molecule has 0 aliphatic rings. The number of benzene rings is 1. The molecule has 5 nitrogen and oxygen atoms in total. The third kappa shape index (κ3) is 3.08. The number of thiophene rings is 1. The van der Waals surface area contributed by atoms with Crippen LogP contribution < -0.4 is 11.1 Å². The number of nitrogen functional groups attached to an aromatic ring is 1. The molecule has 2 rings (SSSR count). The van der Waals surface area contributed by atoms with E-state index >= 15 is 0 Å². The second kappa shape index (κ2) is 5.50. The second-order valence-electron chi connectivity index (χ2n) is 4.80. The fourth-order valence-electron chi connectivity index (χ4n) is 2.23. The van der Waals surface area contributed by atoms with Crippen LogP contribution in [-0.4, -0.2) is 4.92 Å². The summed E-state index contributed by atoms with van der Waals surface area (Å²) in [7, 11) is 0. The van der Waals surface area contributed by atoms with Crippen LogP contribution in [0.3, 0.4) is 0 Å². The molecule has 1 aromatic heterocycles. The number of nitrogens with two attached hydrogens (primary N) is 1. The molecule has 1 heterocycles. The van der Waals surface area contributed by atoms with Crippen LogP contribution in [0.15, 0.2) is 24.3 Å². The minimum Gasteiger partial charge on any atom is -0.398 e. The highest BCUT2D eigenvalue weighted by Crippen LogP contribution is 2.30. The van der Waals surface area contributed by atoms with E-state index in [-0.39, 0.29) is 11.7 Å². The highest BCUT2D eigenvalue weighted by atomic mass is 32.1. The number of hydrogen-bond donors (Lipinski definition) is 2. The summed E-state index contributed by atoms with van der Waals surface area (Å²) in [5.41, 5.74) is 7.95. The van der Waals surface area contributed by atoms with Crippen LogP contribution >= 0.6 is 11.3 Å². The summed E-state index contributed by atoms with van der Waals surface area (Å²) in [6, 6.07) is 6.77. The van der Waals surface area contributed by atoms with Crippen LogP contribution in [0.4, 0.5) is 17.1 Å². The van der Waals surface area contributed by atoms with E-state index < -0.39 is 4.92 Å². The molecule has 0 fully saturated rings. The molecule has 2 aromatic rings. The lowest BCUT2D eigenvalue weighted by Crippen LogP contribution is -2.07. The molecule has 0 amide bonds. The molecule has 1 unspecified atom stereocenters. The molecule has 0 saturated heterocycles. The van der Waals surface area contributed by atoms with Gasteiger partial charge in [-0.1, -0.05) is 0 Å². The highest BCUT2D eigenvalue weighted by molar-refractivity contribution is 7.12. The molecule has 1 aromatic carbocycles. The Labute approximate surface area is 121 Å². The van der Waals surface area contributed by atoms with Crippen LogP contribution in [0.25, 0.3) is 0 Å². The van der Waals surface area contributed by atoms with Gasteiger partial charge >= 0.3 is 0 Å². The minimum absolute atomic E-state index is 0.00192.